The minimum Gasteiger partial charge on any atom is -0.350 e. The van der Waals surface area contributed by atoms with Crippen LogP contribution < -0.4 is 5.32 Å². The van der Waals surface area contributed by atoms with Crippen LogP contribution in [0.25, 0.3) is 0 Å². The van der Waals surface area contributed by atoms with Crippen molar-refractivity contribution >= 4 is 5.95 Å². The maximum Gasteiger partial charge on any atom is 0.224 e. The Hall–Kier alpha value is -2.41. The van der Waals surface area contributed by atoms with Gasteiger partial charge < -0.3 is 5.32 Å². The SMILES string of the molecule is Cc1cc(C#N)nc(NCc2ccccc2C)n1. The third kappa shape index (κ3) is 2.83. The van der Waals surface area contributed by atoms with Crippen LogP contribution in [0.3, 0.4) is 0 Å². The number of nitrogens with one attached hydrogen (secondary N) is 1. The van der Waals surface area contributed by atoms with E-state index in [0.29, 0.717) is 18.2 Å². The first-order chi connectivity index (χ1) is 8.69. The molecule has 1 heterocycles. The molecule has 0 atom stereocenters. The van der Waals surface area contributed by atoms with Crippen molar-refractivity contribution in [1.29, 1.82) is 5.26 Å². The third-order valence-electron chi connectivity index (χ3n) is 2.67. The molecule has 0 saturated heterocycles. The van der Waals surface area contributed by atoms with Gasteiger partial charge in [0.25, 0.3) is 0 Å². The highest BCUT2D eigenvalue weighted by Crippen LogP contribution is 2.10. The molecule has 4 nitrogen and oxygen atoms in total. The topological polar surface area (TPSA) is 61.6 Å². The van der Waals surface area contributed by atoms with E-state index in [1.807, 2.05) is 25.1 Å². The number of nitrogens with zero attached hydrogens (tertiary/aromatic N) is 3. The normalized spacial score (nSPS) is 9.83. The van der Waals surface area contributed by atoms with Gasteiger partial charge in [-0.05, 0) is 31.0 Å². The van der Waals surface area contributed by atoms with Gasteiger partial charge >= 0.3 is 0 Å². The molecule has 0 saturated carbocycles. The number of benzene rings is 1. The zero-order valence-corrected chi connectivity index (χ0v) is 10.4. The van der Waals surface area contributed by atoms with Crippen molar-refractivity contribution < 1.29 is 0 Å². The van der Waals surface area contributed by atoms with Crippen LogP contribution in [0.5, 0.6) is 0 Å². The van der Waals surface area contributed by atoms with Crippen molar-refractivity contribution in [3.8, 4) is 6.07 Å². The van der Waals surface area contributed by atoms with E-state index >= 15 is 0 Å². The molecule has 0 spiro atoms. The summed E-state index contributed by atoms with van der Waals surface area (Å²) in [6.07, 6.45) is 0. The second-order valence-corrected chi connectivity index (χ2v) is 4.11. The fourth-order valence-electron chi connectivity index (χ4n) is 1.69. The Labute approximate surface area is 106 Å². The average Bonchev–Trinajstić information content (AvgIpc) is 2.37. The Morgan fingerprint density at radius 2 is 2.00 bits per heavy atom. The van der Waals surface area contributed by atoms with Gasteiger partial charge in [-0.2, -0.15) is 5.26 Å². The van der Waals surface area contributed by atoms with E-state index in [2.05, 4.69) is 34.3 Å². The van der Waals surface area contributed by atoms with Crippen molar-refractivity contribution in [2.75, 3.05) is 5.32 Å². The minimum absolute atomic E-state index is 0.384. The smallest absolute Gasteiger partial charge is 0.224 e. The van der Waals surface area contributed by atoms with Gasteiger partial charge in [0.15, 0.2) is 0 Å². The second-order valence-electron chi connectivity index (χ2n) is 4.11. The van der Waals surface area contributed by atoms with Crippen LogP contribution in [0.15, 0.2) is 30.3 Å². The molecule has 0 aliphatic rings. The maximum absolute atomic E-state index is 8.85. The first-order valence-corrected chi connectivity index (χ1v) is 5.73. The summed E-state index contributed by atoms with van der Waals surface area (Å²) in [6.45, 7) is 4.57. The number of hydrogen-bond donors (Lipinski definition) is 1. The number of anilines is 1. The lowest BCUT2D eigenvalue weighted by Crippen LogP contribution is -2.06. The molecule has 90 valence electrons. The van der Waals surface area contributed by atoms with E-state index in [9.17, 15) is 0 Å². The van der Waals surface area contributed by atoms with Gasteiger partial charge in [-0.1, -0.05) is 24.3 Å². The van der Waals surface area contributed by atoms with Crippen molar-refractivity contribution in [2.24, 2.45) is 0 Å². The van der Waals surface area contributed by atoms with Crippen molar-refractivity contribution in [2.45, 2.75) is 20.4 Å². The summed E-state index contributed by atoms with van der Waals surface area (Å²) < 4.78 is 0. The highest BCUT2D eigenvalue weighted by molar-refractivity contribution is 5.35. The molecular formula is C14H14N4. The molecule has 1 aromatic carbocycles. The molecule has 1 aromatic heterocycles. The Morgan fingerprint density at radius 3 is 2.72 bits per heavy atom. The molecule has 0 aliphatic carbocycles. The molecule has 0 radical (unpaired) electrons. The number of aryl methyl sites for hydroxylation is 2. The molecule has 0 amide bonds. The summed E-state index contributed by atoms with van der Waals surface area (Å²) in [5.74, 6) is 0.495. The predicted molar refractivity (Wildman–Crippen MR) is 70.0 cm³/mol. The van der Waals surface area contributed by atoms with Gasteiger partial charge in [0.1, 0.15) is 11.8 Å². The van der Waals surface area contributed by atoms with E-state index < -0.39 is 0 Å². The highest BCUT2D eigenvalue weighted by Gasteiger charge is 2.02. The standard InChI is InChI=1S/C14H14N4/c1-10-5-3-4-6-12(10)9-16-14-17-11(2)7-13(8-15)18-14/h3-7H,9H2,1-2H3,(H,16,17,18). The summed E-state index contributed by atoms with van der Waals surface area (Å²) in [5.41, 5.74) is 3.59. The summed E-state index contributed by atoms with van der Waals surface area (Å²) in [5, 5.41) is 12.0. The molecule has 0 bridgehead atoms. The van der Waals surface area contributed by atoms with Crippen molar-refractivity contribution in [3.05, 3.63) is 52.8 Å². The number of rotatable bonds is 3. The zero-order chi connectivity index (χ0) is 13.0. The Balaban J connectivity index is 2.14. The number of hydrogen-bond acceptors (Lipinski definition) is 4. The van der Waals surface area contributed by atoms with E-state index in [1.54, 1.807) is 6.07 Å². The summed E-state index contributed by atoms with van der Waals surface area (Å²) in [7, 11) is 0. The average molecular weight is 238 g/mol. The fourth-order valence-corrected chi connectivity index (χ4v) is 1.69. The first-order valence-electron chi connectivity index (χ1n) is 5.73. The van der Waals surface area contributed by atoms with E-state index in [0.717, 1.165) is 5.69 Å². The minimum atomic E-state index is 0.384. The summed E-state index contributed by atoms with van der Waals surface area (Å²) in [6, 6.07) is 11.8. The molecule has 18 heavy (non-hydrogen) atoms. The number of nitriles is 1. The second kappa shape index (κ2) is 5.28. The van der Waals surface area contributed by atoms with Crippen molar-refractivity contribution in [3.63, 3.8) is 0 Å². The first kappa shape index (κ1) is 12.1. The van der Waals surface area contributed by atoms with Gasteiger partial charge in [0.2, 0.25) is 5.95 Å². The molecule has 4 heteroatoms. The molecular weight excluding hydrogens is 224 g/mol. The van der Waals surface area contributed by atoms with Crippen LogP contribution in [0.2, 0.25) is 0 Å². The lowest BCUT2D eigenvalue weighted by atomic mass is 10.1. The Morgan fingerprint density at radius 1 is 1.22 bits per heavy atom. The lowest BCUT2D eigenvalue weighted by Gasteiger charge is -2.08. The number of aromatic nitrogens is 2. The summed E-state index contributed by atoms with van der Waals surface area (Å²) >= 11 is 0. The van der Waals surface area contributed by atoms with Crippen LogP contribution in [-0.2, 0) is 6.54 Å². The maximum atomic E-state index is 8.85. The van der Waals surface area contributed by atoms with Crippen molar-refractivity contribution in [1.82, 2.24) is 9.97 Å². The molecule has 2 aromatic rings. The van der Waals surface area contributed by atoms with Gasteiger partial charge in [0.05, 0.1) is 0 Å². The van der Waals surface area contributed by atoms with Crippen LogP contribution in [-0.4, -0.2) is 9.97 Å². The zero-order valence-electron chi connectivity index (χ0n) is 10.4. The van der Waals surface area contributed by atoms with Gasteiger partial charge in [-0.15, -0.1) is 0 Å². The van der Waals surface area contributed by atoms with Gasteiger partial charge in [-0.3, -0.25) is 0 Å². The van der Waals surface area contributed by atoms with Crippen LogP contribution >= 0.6 is 0 Å². The highest BCUT2D eigenvalue weighted by atomic mass is 15.1. The lowest BCUT2D eigenvalue weighted by molar-refractivity contribution is 1.01. The van der Waals surface area contributed by atoms with Crippen LogP contribution in [0.1, 0.15) is 22.5 Å². The quantitative estimate of drug-likeness (QED) is 0.892. The van der Waals surface area contributed by atoms with Gasteiger partial charge in [-0.25, -0.2) is 9.97 Å². The Kier molecular flexibility index (Phi) is 3.54. The molecule has 0 fully saturated rings. The van der Waals surface area contributed by atoms with E-state index in [4.69, 9.17) is 5.26 Å². The van der Waals surface area contributed by atoms with Gasteiger partial charge in [0, 0.05) is 12.2 Å². The van der Waals surface area contributed by atoms with E-state index in [1.165, 1.54) is 11.1 Å². The summed E-state index contributed by atoms with van der Waals surface area (Å²) in [4.78, 5) is 8.37. The monoisotopic (exact) mass is 238 g/mol. The Bertz CT molecular complexity index is 599. The predicted octanol–water partition coefficient (Wildman–Crippen LogP) is 2.58. The fraction of sp³-hybridized carbons (Fsp3) is 0.214. The molecule has 0 aliphatic heterocycles. The largest absolute Gasteiger partial charge is 0.350 e. The molecule has 2 rings (SSSR count). The van der Waals surface area contributed by atoms with Crippen LogP contribution in [0, 0.1) is 25.2 Å². The molecule has 0 unspecified atom stereocenters. The third-order valence-corrected chi connectivity index (χ3v) is 2.67. The van der Waals surface area contributed by atoms with Crippen LogP contribution in [0.4, 0.5) is 5.95 Å². The molecule has 1 N–H and O–H groups in total. The van der Waals surface area contributed by atoms with E-state index in [-0.39, 0.29) is 0 Å².